The predicted molar refractivity (Wildman–Crippen MR) is 100 cm³/mol. The highest BCUT2D eigenvalue weighted by Gasteiger charge is 2.38. The molecular formula is C20H18FN3O3. The summed E-state index contributed by atoms with van der Waals surface area (Å²) in [5.74, 6) is -1.47. The van der Waals surface area contributed by atoms with Gasteiger partial charge < -0.3 is 10.6 Å². The minimum atomic E-state index is -0.437. The van der Waals surface area contributed by atoms with E-state index < -0.39 is 17.6 Å². The van der Waals surface area contributed by atoms with Gasteiger partial charge in [-0.25, -0.2) is 4.39 Å². The minimum Gasteiger partial charge on any atom is -0.350 e. The molecule has 138 valence electrons. The molecule has 7 heteroatoms. The van der Waals surface area contributed by atoms with Crippen LogP contribution in [-0.4, -0.2) is 29.2 Å². The lowest BCUT2D eigenvalue weighted by molar-refractivity contribution is -0.136. The molecule has 2 aromatic carbocycles. The fourth-order valence-corrected chi connectivity index (χ4v) is 2.85. The van der Waals surface area contributed by atoms with E-state index in [9.17, 15) is 18.8 Å². The number of likely N-dealkylation sites (N-methyl/N-ethyl adjacent to an activating group) is 1. The van der Waals surface area contributed by atoms with Crippen molar-refractivity contribution in [2.45, 2.75) is 13.8 Å². The normalized spacial score (nSPS) is 14.0. The molecule has 3 rings (SSSR count). The lowest BCUT2D eigenvalue weighted by Gasteiger charge is -2.12. The molecule has 0 aromatic heterocycles. The maximum absolute atomic E-state index is 13.2. The number of hydrogen-bond acceptors (Lipinski definition) is 4. The number of anilines is 2. The van der Waals surface area contributed by atoms with Crippen LogP contribution in [0.5, 0.6) is 0 Å². The summed E-state index contributed by atoms with van der Waals surface area (Å²) in [4.78, 5) is 37.6. The van der Waals surface area contributed by atoms with Crippen LogP contribution in [0.4, 0.5) is 15.8 Å². The number of benzene rings is 2. The number of halogens is 1. The lowest BCUT2D eigenvalue weighted by atomic mass is 10.0. The molecule has 1 aliphatic rings. The molecule has 3 amide bonds. The number of carbonyl (C=O) groups excluding carboxylic acids is 3. The van der Waals surface area contributed by atoms with Gasteiger partial charge in [-0.05, 0) is 48.9 Å². The van der Waals surface area contributed by atoms with Crippen molar-refractivity contribution in [2.24, 2.45) is 0 Å². The highest BCUT2D eigenvalue weighted by atomic mass is 19.1. The fraction of sp³-hybridized carbons (Fsp3) is 0.150. The molecule has 0 saturated carbocycles. The van der Waals surface area contributed by atoms with E-state index in [2.05, 4.69) is 10.6 Å². The van der Waals surface area contributed by atoms with Crippen molar-refractivity contribution in [1.82, 2.24) is 4.90 Å². The van der Waals surface area contributed by atoms with Crippen LogP contribution >= 0.6 is 0 Å². The van der Waals surface area contributed by atoms with Crippen molar-refractivity contribution in [3.8, 4) is 0 Å². The third-order valence-corrected chi connectivity index (χ3v) is 4.09. The number of amides is 3. The number of nitrogens with zero attached hydrogens (tertiary/aromatic N) is 1. The SMILES string of the molecule is CCN1C(=O)C(Nc2ccc(NC(C)=O)cc2)=C(c2ccc(F)cc2)C1=O. The van der Waals surface area contributed by atoms with E-state index in [0.717, 1.165) is 4.90 Å². The first kappa shape index (κ1) is 18.3. The Kier molecular flexibility index (Phi) is 5.03. The van der Waals surface area contributed by atoms with E-state index in [4.69, 9.17) is 0 Å². The second kappa shape index (κ2) is 7.41. The van der Waals surface area contributed by atoms with Crippen LogP contribution < -0.4 is 10.6 Å². The van der Waals surface area contributed by atoms with Crippen molar-refractivity contribution < 1.29 is 18.8 Å². The van der Waals surface area contributed by atoms with E-state index in [-0.39, 0.29) is 23.7 Å². The van der Waals surface area contributed by atoms with Gasteiger partial charge in [-0.3, -0.25) is 19.3 Å². The smallest absolute Gasteiger partial charge is 0.278 e. The zero-order chi connectivity index (χ0) is 19.6. The van der Waals surface area contributed by atoms with Gasteiger partial charge in [0.05, 0.1) is 5.57 Å². The maximum atomic E-state index is 13.2. The van der Waals surface area contributed by atoms with Gasteiger partial charge >= 0.3 is 0 Å². The number of nitrogens with one attached hydrogen (secondary N) is 2. The molecule has 0 saturated heterocycles. The second-order valence-electron chi connectivity index (χ2n) is 5.99. The molecule has 2 aromatic rings. The van der Waals surface area contributed by atoms with E-state index in [0.29, 0.717) is 16.9 Å². The number of hydrogen-bond donors (Lipinski definition) is 2. The van der Waals surface area contributed by atoms with Crippen LogP contribution in [-0.2, 0) is 14.4 Å². The van der Waals surface area contributed by atoms with Crippen LogP contribution in [0.2, 0.25) is 0 Å². The molecule has 0 fully saturated rings. The third kappa shape index (κ3) is 3.72. The summed E-state index contributed by atoms with van der Waals surface area (Å²) in [6.07, 6.45) is 0. The highest BCUT2D eigenvalue weighted by Crippen LogP contribution is 2.30. The average molecular weight is 367 g/mol. The average Bonchev–Trinajstić information content (AvgIpc) is 2.87. The Morgan fingerprint density at radius 2 is 1.56 bits per heavy atom. The zero-order valence-electron chi connectivity index (χ0n) is 14.9. The van der Waals surface area contributed by atoms with Gasteiger partial charge in [0.25, 0.3) is 11.8 Å². The van der Waals surface area contributed by atoms with Gasteiger partial charge in [0.2, 0.25) is 5.91 Å². The second-order valence-corrected chi connectivity index (χ2v) is 5.99. The van der Waals surface area contributed by atoms with Gasteiger partial charge in [-0.1, -0.05) is 12.1 Å². The summed E-state index contributed by atoms with van der Waals surface area (Å²) >= 11 is 0. The Hall–Kier alpha value is -3.48. The van der Waals surface area contributed by atoms with Crippen LogP contribution in [0, 0.1) is 5.82 Å². The Morgan fingerprint density at radius 3 is 2.11 bits per heavy atom. The van der Waals surface area contributed by atoms with Crippen LogP contribution in [0.1, 0.15) is 19.4 Å². The topological polar surface area (TPSA) is 78.5 Å². The summed E-state index contributed by atoms with van der Waals surface area (Å²) in [5, 5.41) is 5.64. The standard InChI is InChI=1S/C20H18FN3O3/c1-3-24-19(26)17(13-4-6-14(21)7-5-13)18(20(24)27)23-16-10-8-15(9-11-16)22-12(2)25/h4-11,23H,3H2,1-2H3,(H,22,25). The number of rotatable bonds is 5. The summed E-state index contributed by atoms with van der Waals surface area (Å²) in [6.45, 7) is 3.35. The van der Waals surface area contributed by atoms with E-state index in [1.54, 1.807) is 31.2 Å². The first-order chi connectivity index (χ1) is 12.9. The molecule has 0 bridgehead atoms. The van der Waals surface area contributed by atoms with Crippen molar-refractivity contribution in [1.29, 1.82) is 0 Å². The number of carbonyl (C=O) groups is 3. The largest absolute Gasteiger partial charge is 0.350 e. The molecule has 0 radical (unpaired) electrons. The molecule has 0 spiro atoms. The Labute approximate surface area is 155 Å². The number of imide groups is 1. The monoisotopic (exact) mass is 367 g/mol. The van der Waals surface area contributed by atoms with Crippen LogP contribution in [0.25, 0.3) is 5.57 Å². The van der Waals surface area contributed by atoms with Crippen molar-refractivity contribution in [3.63, 3.8) is 0 Å². The summed E-state index contributed by atoms with van der Waals surface area (Å²) in [5.41, 5.74) is 2.00. The van der Waals surface area contributed by atoms with Crippen molar-refractivity contribution >= 4 is 34.7 Å². The van der Waals surface area contributed by atoms with Crippen molar-refractivity contribution in [3.05, 3.63) is 65.6 Å². The van der Waals surface area contributed by atoms with Crippen LogP contribution in [0.3, 0.4) is 0 Å². The van der Waals surface area contributed by atoms with E-state index >= 15 is 0 Å². The Bertz CT molecular complexity index is 934. The molecule has 1 heterocycles. The molecule has 1 aliphatic heterocycles. The predicted octanol–water partition coefficient (Wildman–Crippen LogP) is 3.00. The van der Waals surface area contributed by atoms with Gasteiger partial charge in [0.15, 0.2) is 0 Å². The van der Waals surface area contributed by atoms with Gasteiger partial charge in [0, 0.05) is 24.8 Å². The molecule has 0 aliphatic carbocycles. The molecule has 0 atom stereocenters. The molecule has 0 unspecified atom stereocenters. The summed E-state index contributed by atoms with van der Waals surface area (Å²) < 4.78 is 13.2. The van der Waals surface area contributed by atoms with Gasteiger partial charge in [-0.15, -0.1) is 0 Å². The molecule has 27 heavy (non-hydrogen) atoms. The maximum Gasteiger partial charge on any atom is 0.278 e. The molecule has 2 N–H and O–H groups in total. The first-order valence-corrected chi connectivity index (χ1v) is 8.41. The Balaban J connectivity index is 1.97. The highest BCUT2D eigenvalue weighted by molar-refractivity contribution is 6.36. The first-order valence-electron chi connectivity index (χ1n) is 8.41. The zero-order valence-corrected chi connectivity index (χ0v) is 14.9. The molecule has 6 nitrogen and oxygen atoms in total. The quantitative estimate of drug-likeness (QED) is 0.797. The van der Waals surface area contributed by atoms with Crippen LogP contribution in [0.15, 0.2) is 54.2 Å². The Morgan fingerprint density at radius 1 is 0.963 bits per heavy atom. The van der Waals surface area contributed by atoms with Gasteiger partial charge in [-0.2, -0.15) is 0 Å². The van der Waals surface area contributed by atoms with E-state index in [1.165, 1.54) is 31.2 Å². The van der Waals surface area contributed by atoms with E-state index in [1.807, 2.05) is 0 Å². The van der Waals surface area contributed by atoms with Gasteiger partial charge in [0.1, 0.15) is 11.5 Å². The summed E-state index contributed by atoms with van der Waals surface area (Å²) in [7, 11) is 0. The summed E-state index contributed by atoms with van der Waals surface area (Å²) in [6, 6.07) is 12.2. The minimum absolute atomic E-state index is 0.140. The third-order valence-electron chi connectivity index (χ3n) is 4.09. The fourth-order valence-electron chi connectivity index (χ4n) is 2.85. The molecular weight excluding hydrogens is 349 g/mol. The lowest BCUT2D eigenvalue weighted by Crippen LogP contribution is -2.32. The van der Waals surface area contributed by atoms with Crippen molar-refractivity contribution in [2.75, 3.05) is 17.2 Å².